The van der Waals surface area contributed by atoms with Crippen LogP contribution in [0.3, 0.4) is 0 Å². The van der Waals surface area contributed by atoms with Crippen molar-refractivity contribution in [2.45, 2.75) is 34.1 Å². The zero-order chi connectivity index (χ0) is 12.4. The van der Waals surface area contributed by atoms with E-state index >= 15 is 0 Å². The molecule has 0 saturated carbocycles. The van der Waals surface area contributed by atoms with Gasteiger partial charge in [0.05, 0.1) is 0 Å². The second-order valence-corrected chi connectivity index (χ2v) is 5.02. The van der Waals surface area contributed by atoms with Crippen molar-refractivity contribution in [2.24, 2.45) is 0 Å². The highest BCUT2D eigenvalue weighted by atomic mass is 14.1. The summed E-state index contributed by atoms with van der Waals surface area (Å²) in [6, 6.07) is 13.4. The first-order valence-corrected chi connectivity index (χ1v) is 6.18. The van der Waals surface area contributed by atoms with Gasteiger partial charge in [0.1, 0.15) is 0 Å². The second kappa shape index (κ2) is 4.75. The highest BCUT2D eigenvalue weighted by Crippen LogP contribution is 2.18. The van der Waals surface area contributed by atoms with Crippen LogP contribution >= 0.6 is 0 Å². The van der Waals surface area contributed by atoms with E-state index in [1.165, 1.54) is 33.4 Å². The third-order valence-corrected chi connectivity index (χ3v) is 3.52. The monoisotopic (exact) mass is 224 g/mol. The number of rotatable bonds is 2. The molecular formula is C17H20. The lowest BCUT2D eigenvalue weighted by atomic mass is 9.96. The lowest BCUT2D eigenvalue weighted by Crippen LogP contribution is -1.93. The first-order valence-electron chi connectivity index (χ1n) is 6.18. The SMILES string of the molecule is Cc1ccc(Cc2cc(C)c(C)c(C)c2)cc1. The predicted octanol–water partition coefficient (Wildman–Crippen LogP) is 4.51. The quantitative estimate of drug-likeness (QED) is 0.704. The van der Waals surface area contributed by atoms with Crippen LogP contribution in [0.2, 0.25) is 0 Å². The molecule has 0 aliphatic carbocycles. The second-order valence-electron chi connectivity index (χ2n) is 5.02. The van der Waals surface area contributed by atoms with Gasteiger partial charge >= 0.3 is 0 Å². The van der Waals surface area contributed by atoms with Crippen LogP contribution in [0, 0.1) is 27.7 Å². The minimum absolute atomic E-state index is 1.03. The van der Waals surface area contributed by atoms with Crippen molar-refractivity contribution in [3.8, 4) is 0 Å². The van der Waals surface area contributed by atoms with Crippen molar-refractivity contribution >= 4 is 0 Å². The number of hydrogen-bond acceptors (Lipinski definition) is 0. The van der Waals surface area contributed by atoms with E-state index in [0.29, 0.717) is 0 Å². The van der Waals surface area contributed by atoms with E-state index in [1.54, 1.807) is 0 Å². The van der Waals surface area contributed by atoms with Gasteiger partial charge in [-0.05, 0) is 61.9 Å². The van der Waals surface area contributed by atoms with Gasteiger partial charge in [-0.3, -0.25) is 0 Å². The topological polar surface area (TPSA) is 0 Å². The predicted molar refractivity (Wildman–Crippen MR) is 74.6 cm³/mol. The fourth-order valence-corrected chi connectivity index (χ4v) is 2.17. The van der Waals surface area contributed by atoms with Gasteiger partial charge < -0.3 is 0 Å². The Kier molecular flexibility index (Phi) is 3.33. The normalized spacial score (nSPS) is 10.6. The maximum Gasteiger partial charge on any atom is -0.00256 e. The molecule has 0 radical (unpaired) electrons. The molecule has 0 aliphatic rings. The summed E-state index contributed by atoms with van der Waals surface area (Å²) >= 11 is 0. The van der Waals surface area contributed by atoms with Crippen LogP contribution in [0.4, 0.5) is 0 Å². The summed E-state index contributed by atoms with van der Waals surface area (Å²) in [7, 11) is 0. The van der Waals surface area contributed by atoms with Gasteiger partial charge in [0, 0.05) is 0 Å². The van der Waals surface area contributed by atoms with Crippen molar-refractivity contribution < 1.29 is 0 Å². The summed E-state index contributed by atoms with van der Waals surface area (Å²) in [6.45, 7) is 8.71. The van der Waals surface area contributed by atoms with Crippen LogP contribution in [0.5, 0.6) is 0 Å². The van der Waals surface area contributed by atoms with E-state index in [0.717, 1.165) is 6.42 Å². The summed E-state index contributed by atoms with van der Waals surface area (Å²) in [5, 5.41) is 0. The lowest BCUT2D eigenvalue weighted by Gasteiger charge is -2.09. The Morgan fingerprint density at radius 1 is 0.706 bits per heavy atom. The minimum Gasteiger partial charge on any atom is -0.0590 e. The zero-order valence-electron chi connectivity index (χ0n) is 11.2. The Morgan fingerprint density at radius 2 is 1.24 bits per heavy atom. The Morgan fingerprint density at radius 3 is 1.76 bits per heavy atom. The average Bonchev–Trinajstić information content (AvgIpc) is 2.29. The Balaban J connectivity index is 2.27. The van der Waals surface area contributed by atoms with E-state index in [2.05, 4.69) is 64.1 Å². The molecule has 88 valence electrons. The maximum absolute atomic E-state index is 2.31. The third-order valence-electron chi connectivity index (χ3n) is 3.52. The maximum atomic E-state index is 2.31. The van der Waals surface area contributed by atoms with Gasteiger partial charge in [0.15, 0.2) is 0 Å². The Bertz CT molecular complexity index is 495. The molecule has 0 aliphatic heterocycles. The summed E-state index contributed by atoms with van der Waals surface area (Å²) in [5.41, 5.74) is 8.33. The largest absolute Gasteiger partial charge is 0.0590 e. The molecule has 0 saturated heterocycles. The van der Waals surface area contributed by atoms with E-state index in [4.69, 9.17) is 0 Å². The fraction of sp³-hybridized carbons (Fsp3) is 0.294. The molecule has 0 spiro atoms. The zero-order valence-corrected chi connectivity index (χ0v) is 11.2. The van der Waals surface area contributed by atoms with Crippen LogP contribution in [-0.4, -0.2) is 0 Å². The lowest BCUT2D eigenvalue weighted by molar-refractivity contribution is 1.14. The summed E-state index contributed by atoms with van der Waals surface area (Å²) in [6.07, 6.45) is 1.03. The Labute approximate surface area is 104 Å². The smallest absolute Gasteiger partial charge is 0.00256 e. The molecule has 17 heavy (non-hydrogen) atoms. The van der Waals surface area contributed by atoms with Gasteiger partial charge in [0.2, 0.25) is 0 Å². The van der Waals surface area contributed by atoms with Crippen LogP contribution in [-0.2, 0) is 6.42 Å². The standard InChI is InChI=1S/C17H20/c1-12-5-7-16(8-6-12)11-17-9-13(2)15(4)14(3)10-17/h5-10H,11H2,1-4H3. The fourth-order valence-electron chi connectivity index (χ4n) is 2.17. The van der Waals surface area contributed by atoms with Gasteiger partial charge in [-0.15, -0.1) is 0 Å². The number of benzene rings is 2. The number of aryl methyl sites for hydroxylation is 3. The molecule has 0 aromatic heterocycles. The summed E-state index contributed by atoms with van der Waals surface area (Å²) in [4.78, 5) is 0. The summed E-state index contributed by atoms with van der Waals surface area (Å²) < 4.78 is 0. The van der Waals surface area contributed by atoms with Crippen LogP contribution in [0.1, 0.15) is 33.4 Å². The van der Waals surface area contributed by atoms with E-state index < -0.39 is 0 Å². The van der Waals surface area contributed by atoms with Gasteiger partial charge in [0.25, 0.3) is 0 Å². The highest BCUT2D eigenvalue weighted by Gasteiger charge is 2.02. The molecule has 0 N–H and O–H groups in total. The van der Waals surface area contributed by atoms with Crippen molar-refractivity contribution in [1.82, 2.24) is 0 Å². The van der Waals surface area contributed by atoms with E-state index in [9.17, 15) is 0 Å². The van der Waals surface area contributed by atoms with Crippen molar-refractivity contribution in [2.75, 3.05) is 0 Å². The molecule has 0 atom stereocenters. The third kappa shape index (κ3) is 2.76. The summed E-state index contributed by atoms with van der Waals surface area (Å²) in [5.74, 6) is 0. The molecule has 2 aromatic carbocycles. The first kappa shape index (κ1) is 11.9. The molecule has 0 amide bonds. The van der Waals surface area contributed by atoms with E-state index in [-0.39, 0.29) is 0 Å². The molecule has 0 bridgehead atoms. The molecular weight excluding hydrogens is 204 g/mol. The van der Waals surface area contributed by atoms with Crippen LogP contribution in [0.25, 0.3) is 0 Å². The highest BCUT2D eigenvalue weighted by molar-refractivity contribution is 5.39. The molecule has 2 aromatic rings. The van der Waals surface area contributed by atoms with Gasteiger partial charge in [-0.1, -0.05) is 42.0 Å². The van der Waals surface area contributed by atoms with Gasteiger partial charge in [-0.25, -0.2) is 0 Å². The molecule has 0 unspecified atom stereocenters. The Hall–Kier alpha value is -1.56. The molecule has 2 rings (SSSR count). The van der Waals surface area contributed by atoms with E-state index in [1.807, 2.05) is 0 Å². The van der Waals surface area contributed by atoms with Crippen molar-refractivity contribution in [3.05, 3.63) is 69.8 Å². The number of hydrogen-bond donors (Lipinski definition) is 0. The van der Waals surface area contributed by atoms with Gasteiger partial charge in [-0.2, -0.15) is 0 Å². The minimum atomic E-state index is 1.03. The van der Waals surface area contributed by atoms with Crippen LogP contribution < -0.4 is 0 Å². The average molecular weight is 224 g/mol. The molecule has 0 heteroatoms. The van der Waals surface area contributed by atoms with Crippen LogP contribution in [0.15, 0.2) is 36.4 Å². The molecule has 0 nitrogen and oxygen atoms in total. The first-order chi connectivity index (χ1) is 8.06. The van der Waals surface area contributed by atoms with Crippen molar-refractivity contribution in [1.29, 1.82) is 0 Å². The molecule has 0 heterocycles. The molecule has 0 fully saturated rings. The van der Waals surface area contributed by atoms with Crippen molar-refractivity contribution in [3.63, 3.8) is 0 Å².